The first kappa shape index (κ1) is 17.2. The van der Waals surface area contributed by atoms with E-state index in [9.17, 15) is 0 Å². The van der Waals surface area contributed by atoms with Crippen LogP contribution in [0.1, 0.15) is 19.4 Å². The number of hydrogen-bond donors (Lipinski definition) is 2. The van der Waals surface area contributed by atoms with Gasteiger partial charge < -0.3 is 20.7 Å². The molecular formula is C19H25N5O. The summed E-state index contributed by atoms with van der Waals surface area (Å²) in [5.74, 6) is 1.37. The number of pyridine rings is 1. The third kappa shape index (κ3) is 4.93. The van der Waals surface area contributed by atoms with Gasteiger partial charge in [0.05, 0.1) is 18.8 Å². The average Bonchev–Trinajstić information content (AvgIpc) is 2.60. The van der Waals surface area contributed by atoms with Crippen LogP contribution in [0.5, 0.6) is 0 Å². The molecule has 2 unspecified atom stereocenters. The molecule has 2 heterocycles. The highest BCUT2D eigenvalue weighted by atomic mass is 16.5. The molecule has 1 aromatic carbocycles. The zero-order chi connectivity index (χ0) is 17.6. The molecule has 1 aliphatic rings. The Hall–Kier alpha value is -2.60. The molecule has 6 heteroatoms. The summed E-state index contributed by atoms with van der Waals surface area (Å²) in [6, 6.07) is 13.8. The Balaban J connectivity index is 1.58. The third-order valence-electron chi connectivity index (χ3n) is 4.03. The Morgan fingerprint density at radius 3 is 2.56 bits per heavy atom. The summed E-state index contributed by atoms with van der Waals surface area (Å²) in [7, 11) is 0. The van der Waals surface area contributed by atoms with Crippen molar-refractivity contribution in [3.63, 3.8) is 0 Å². The largest absolute Gasteiger partial charge is 0.372 e. The number of guanidine groups is 1. The summed E-state index contributed by atoms with van der Waals surface area (Å²) in [6.45, 7) is 6.41. The Morgan fingerprint density at radius 2 is 1.92 bits per heavy atom. The van der Waals surface area contributed by atoms with Crippen LogP contribution in [0.3, 0.4) is 0 Å². The van der Waals surface area contributed by atoms with Gasteiger partial charge in [-0.1, -0.05) is 24.3 Å². The number of para-hydroxylation sites is 1. The predicted molar refractivity (Wildman–Crippen MR) is 102 cm³/mol. The zero-order valence-electron chi connectivity index (χ0n) is 14.7. The van der Waals surface area contributed by atoms with Crippen molar-refractivity contribution in [2.24, 2.45) is 10.7 Å². The number of morpholine rings is 1. The van der Waals surface area contributed by atoms with Gasteiger partial charge in [-0.05, 0) is 37.6 Å². The number of nitrogens with one attached hydrogen (secondary N) is 1. The van der Waals surface area contributed by atoms with E-state index in [0.717, 1.165) is 30.2 Å². The molecule has 3 N–H and O–H groups in total. The molecule has 0 spiro atoms. The Morgan fingerprint density at radius 1 is 1.20 bits per heavy atom. The van der Waals surface area contributed by atoms with E-state index in [1.165, 1.54) is 0 Å². The van der Waals surface area contributed by atoms with Crippen molar-refractivity contribution < 1.29 is 4.74 Å². The minimum atomic E-state index is 0.221. The van der Waals surface area contributed by atoms with E-state index in [2.05, 4.69) is 34.0 Å². The molecule has 1 aromatic heterocycles. The first-order valence-corrected chi connectivity index (χ1v) is 8.57. The highest BCUT2D eigenvalue weighted by Gasteiger charge is 2.22. The number of anilines is 2. The van der Waals surface area contributed by atoms with Gasteiger partial charge in [0.25, 0.3) is 0 Å². The second-order valence-electron chi connectivity index (χ2n) is 6.38. The van der Waals surface area contributed by atoms with Crippen LogP contribution >= 0.6 is 0 Å². The third-order valence-corrected chi connectivity index (χ3v) is 4.03. The second kappa shape index (κ2) is 7.98. The van der Waals surface area contributed by atoms with Crippen molar-refractivity contribution in [2.45, 2.75) is 32.6 Å². The molecule has 1 saturated heterocycles. The topological polar surface area (TPSA) is 75.8 Å². The van der Waals surface area contributed by atoms with Crippen LogP contribution in [-0.2, 0) is 11.3 Å². The van der Waals surface area contributed by atoms with Crippen LogP contribution in [0.2, 0.25) is 0 Å². The Labute approximate surface area is 148 Å². The maximum Gasteiger partial charge on any atom is 0.193 e. The number of ether oxygens (including phenoxy) is 1. The lowest BCUT2D eigenvalue weighted by Crippen LogP contribution is -2.45. The normalized spacial score (nSPS) is 21.2. The van der Waals surface area contributed by atoms with Crippen molar-refractivity contribution in [2.75, 3.05) is 23.3 Å². The highest BCUT2D eigenvalue weighted by molar-refractivity contribution is 5.92. The van der Waals surface area contributed by atoms with Crippen molar-refractivity contribution in [3.05, 3.63) is 54.2 Å². The number of aliphatic imine (C=N–C) groups is 1. The number of nitrogens with two attached hydrogens (primary N) is 1. The van der Waals surface area contributed by atoms with E-state index in [1.807, 2.05) is 48.7 Å². The SMILES string of the molecule is CC1CN(c2ccc(CN=C(N)Nc3ccccc3)cn2)CC(C)O1. The van der Waals surface area contributed by atoms with E-state index in [0.29, 0.717) is 12.5 Å². The van der Waals surface area contributed by atoms with Crippen LogP contribution < -0.4 is 16.0 Å². The van der Waals surface area contributed by atoms with Crippen molar-refractivity contribution in [3.8, 4) is 0 Å². The van der Waals surface area contributed by atoms with E-state index in [1.54, 1.807) is 0 Å². The molecule has 0 radical (unpaired) electrons. The van der Waals surface area contributed by atoms with Crippen molar-refractivity contribution >= 4 is 17.5 Å². The molecule has 1 fully saturated rings. The summed E-state index contributed by atoms with van der Waals surface area (Å²) in [4.78, 5) is 11.2. The number of benzene rings is 1. The lowest BCUT2D eigenvalue weighted by Gasteiger charge is -2.36. The smallest absolute Gasteiger partial charge is 0.193 e. The van der Waals surface area contributed by atoms with Gasteiger partial charge in [-0.15, -0.1) is 0 Å². The fraction of sp³-hybridized carbons (Fsp3) is 0.368. The van der Waals surface area contributed by atoms with Crippen LogP contribution in [0.25, 0.3) is 0 Å². The van der Waals surface area contributed by atoms with Gasteiger partial charge in [0, 0.05) is 25.0 Å². The first-order chi connectivity index (χ1) is 12.1. The van der Waals surface area contributed by atoms with Crippen LogP contribution in [0.15, 0.2) is 53.7 Å². The molecule has 0 saturated carbocycles. The quantitative estimate of drug-likeness (QED) is 0.661. The Kier molecular flexibility index (Phi) is 5.50. The predicted octanol–water partition coefficient (Wildman–Crippen LogP) is 2.62. The highest BCUT2D eigenvalue weighted by Crippen LogP contribution is 2.18. The van der Waals surface area contributed by atoms with Crippen LogP contribution in [0.4, 0.5) is 11.5 Å². The van der Waals surface area contributed by atoms with E-state index in [4.69, 9.17) is 10.5 Å². The minimum absolute atomic E-state index is 0.221. The molecule has 132 valence electrons. The van der Waals surface area contributed by atoms with Gasteiger partial charge in [-0.25, -0.2) is 9.98 Å². The van der Waals surface area contributed by atoms with Gasteiger partial charge in [0.15, 0.2) is 5.96 Å². The molecule has 0 amide bonds. The van der Waals surface area contributed by atoms with E-state index >= 15 is 0 Å². The molecule has 2 atom stereocenters. The average molecular weight is 339 g/mol. The van der Waals surface area contributed by atoms with E-state index < -0.39 is 0 Å². The lowest BCUT2D eigenvalue weighted by molar-refractivity contribution is -0.00545. The van der Waals surface area contributed by atoms with E-state index in [-0.39, 0.29) is 12.2 Å². The van der Waals surface area contributed by atoms with Gasteiger partial charge in [0.2, 0.25) is 0 Å². The second-order valence-corrected chi connectivity index (χ2v) is 6.38. The lowest BCUT2D eigenvalue weighted by atomic mass is 10.2. The van der Waals surface area contributed by atoms with Gasteiger partial charge in [-0.2, -0.15) is 0 Å². The van der Waals surface area contributed by atoms with Gasteiger partial charge >= 0.3 is 0 Å². The standard InChI is InChI=1S/C19H25N5O/c1-14-12-24(13-15(2)25-14)18-9-8-16(10-21-18)11-22-19(20)23-17-6-4-3-5-7-17/h3-10,14-15H,11-13H2,1-2H3,(H3,20,22,23). The fourth-order valence-corrected chi connectivity index (χ4v) is 2.95. The molecule has 1 aliphatic heterocycles. The first-order valence-electron chi connectivity index (χ1n) is 8.57. The van der Waals surface area contributed by atoms with Crippen LogP contribution in [-0.4, -0.2) is 36.2 Å². The van der Waals surface area contributed by atoms with Crippen LogP contribution in [0, 0.1) is 0 Å². The molecule has 25 heavy (non-hydrogen) atoms. The monoisotopic (exact) mass is 339 g/mol. The molecule has 2 aromatic rings. The molecule has 0 bridgehead atoms. The number of nitrogens with zero attached hydrogens (tertiary/aromatic N) is 3. The van der Waals surface area contributed by atoms with Crippen molar-refractivity contribution in [1.29, 1.82) is 0 Å². The summed E-state index contributed by atoms with van der Waals surface area (Å²) in [5.41, 5.74) is 7.88. The van der Waals surface area contributed by atoms with Gasteiger partial charge in [0.1, 0.15) is 5.82 Å². The maximum atomic E-state index is 5.93. The maximum absolute atomic E-state index is 5.93. The zero-order valence-corrected chi connectivity index (χ0v) is 14.7. The fourth-order valence-electron chi connectivity index (χ4n) is 2.95. The van der Waals surface area contributed by atoms with Crippen molar-refractivity contribution in [1.82, 2.24) is 4.98 Å². The Bertz CT molecular complexity index is 692. The summed E-state index contributed by atoms with van der Waals surface area (Å²) in [5, 5.41) is 3.07. The summed E-state index contributed by atoms with van der Waals surface area (Å²) in [6.07, 6.45) is 2.30. The summed E-state index contributed by atoms with van der Waals surface area (Å²) < 4.78 is 5.77. The molecular weight excluding hydrogens is 314 g/mol. The molecule has 3 rings (SSSR count). The number of rotatable bonds is 4. The summed E-state index contributed by atoms with van der Waals surface area (Å²) >= 11 is 0. The van der Waals surface area contributed by atoms with Gasteiger partial charge in [-0.3, -0.25) is 0 Å². The molecule has 6 nitrogen and oxygen atoms in total. The number of hydrogen-bond acceptors (Lipinski definition) is 4. The number of aromatic nitrogens is 1. The minimum Gasteiger partial charge on any atom is -0.372 e. The molecule has 0 aliphatic carbocycles.